The summed E-state index contributed by atoms with van der Waals surface area (Å²) in [6.45, 7) is 3.52. The molecule has 1 atom stereocenters. The van der Waals surface area contributed by atoms with E-state index < -0.39 is 0 Å². The fourth-order valence-electron chi connectivity index (χ4n) is 2.28. The summed E-state index contributed by atoms with van der Waals surface area (Å²) in [7, 11) is 0. The number of carbonyl (C=O) groups excluding carboxylic acids is 2. The molecule has 3 heteroatoms. The van der Waals surface area contributed by atoms with Crippen molar-refractivity contribution in [2.24, 2.45) is 0 Å². The largest absolute Gasteiger partial charge is 0.325 e. The fourth-order valence-corrected chi connectivity index (χ4v) is 2.28. The van der Waals surface area contributed by atoms with E-state index in [-0.39, 0.29) is 17.6 Å². The number of anilines is 1. The first-order valence-corrected chi connectivity index (χ1v) is 7.02. The average Bonchev–Trinajstić information content (AvgIpc) is 2.48. The van der Waals surface area contributed by atoms with Crippen molar-refractivity contribution in [3.8, 4) is 0 Å². The third kappa shape index (κ3) is 4.02. The van der Waals surface area contributed by atoms with Crippen LogP contribution >= 0.6 is 0 Å². The molecule has 2 aromatic carbocycles. The molecule has 2 rings (SSSR count). The minimum atomic E-state index is -0.0833. The van der Waals surface area contributed by atoms with E-state index in [2.05, 4.69) is 5.32 Å². The van der Waals surface area contributed by atoms with Gasteiger partial charge in [-0.15, -0.1) is 0 Å². The second-order valence-electron chi connectivity index (χ2n) is 5.17. The molecule has 108 valence electrons. The quantitative estimate of drug-likeness (QED) is 0.841. The van der Waals surface area contributed by atoms with Gasteiger partial charge < -0.3 is 5.32 Å². The molecule has 1 N–H and O–H groups in total. The number of rotatable bonds is 5. The molecule has 0 aromatic heterocycles. The normalized spacial score (nSPS) is 11.7. The number of benzene rings is 2. The predicted octanol–water partition coefficient (Wildman–Crippen LogP) is 4.02. The van der Waals surface area contributed by atoms with Crippen LogP contribution in [0, 0.1) is 0 Å². The molecule has 0 unspecified atom stereocenters. The summed E-state index contributed by atoms with van der Waals surface area (Å²) in [5, 5.41) is 2.83. The summed E-state index contributed by atoms with van der Waals surface area (Å²) in [5.74, 6) is -0.00208. The Balaban J connectivity index is 2.04. The predicted molar refractivity (Wildman–Crippen MR) is 84.6 cm³/mol. The van der Waals surface area contributed by atoms with E-state index in [1.807, 2.05) is 43.3 Å². The Morgan fingerprint density at radius 2 is 1.62 bits per heavy atom. The lowest BCUT2D eigenvalue weighted by molar-refractivity contribution is -0.116. The van der Waals surface area contributed by atoms with Crippen molar-refractivity contribution in [3.63, 3.8) is 0 Å². The van der Waals surface area contributed by atoms with Gasteiger partial charge in [0.05, 0.1) is 5.69 Å². The second-order valence-corrected chi connectivity index (χ2v) is 5.17. The lowest BCUT2D eigenvalue weighted by Gasteiger charge is -2.13. The molecule has 3 nitrogen and oxygen atoms in total. The third-order valence-corrected chi connectivity index (χ3v) is 3.44. The van der Waals surface area contributed by atoms with Gasteiger partial charge in [0.15, 0.2) is 5.78 Å². The van der Waals surface area contributed by atoms with Gasteiger partial charge in [-0.1, -0.05) is 49.4 Å². The Morgan fingerprint density at radius 3 is 2.29 bits per heavy atom. The molecule has 0 aliphatic carbocycles. The van der Waals surface area contributed by atoms with Crippen molar-refractivity contribution in [3.05, 3.63) is 65.7 Å². The topological polar surface area (TPSA) is 46.2 Å². The van der Waals surface area contributed by atoms with Crippen LogP contribution in [0.1, 0.15) is 42.1 Å². The molecule has 0 fully saturated rings. The van der Waals surface area contributed by atoms with Crippen molar-refractivity contribution >= 4 is 17.4 Å². The molecule has 0 aliphatic heterocycles. The van der Waals surface area contributed by atoms with Crippen molar-refractivity contribution in [1.29, 1.82) is 0 Å². The van der Waals surface area contributed by atoms with Gasteiger partial charge in [0, 0.05) is 12.0 Å². The Labute approximate surface area is 125 Å². The van der Waals surface area contributed by atoms with E-state index in [0.717, 1.165) is 5.56 Å². The first-order chi connectivity index (χ1) is 10.1. The van der Waals surface area contributed by atoms with Crippen LogP contribution in [-0.4, -0.2) is 11.7 Å². The Hall–Kier alpha value is -2.42. The van der Waals surface area contributed by atoms with E-state index in [1.54, 1.807) is 18.2 Å². The molecular formula is C18H19NO2. The SMILES string of the molecule is CC(=O)c1ccccc1NC(=O)C[C@@H](C)c1ccccc1. The molecule has 0 heterocycles. The molecule has 0 saturated carbocycles. The Morgan fingerprint density at radius 1 is 1.00 bits per heavy atom. The molecule has 2 aromatic rings. The highest BCUT2D eigenvalue weighted by Crippen LogP contribution is 2.21. The summed E-state index contributed by atoms with van der Waals surface area (Å²) >= 11 is 0. The maximum absolute atomic E-state index is 12.1. The lowest BCUT2D eigenvalue weighted by atomic mass is 9.97. The summed E-state index contributed by atoms with van der Waals surface area (Å²) < 4.78 is 0. The van der Waals surface area contributed by atoms with Crippen LogP contribution in [0.4, 0.5) is 5.69 Å². The summed E-state index contributed by atoms with van der Waals surface area (Å²) in [6, 6.07) is 17.0. The number of para-hydroxylation sites is 1. The molecule has 1 amide bonds. The Bertz CT molecular complexity index is 635. The monoisotopic (exact) mass is 281 g/mol. The van der Waals surface area contributed by atoms with Gasteiger partial charge in [0.2, 0.25) is 5.91 Å². The zero-order chi connectivity index (χ0) is 15.2. The maximum atomic E-state index is 12.1. The molecule has 0 bridgehead atoms. The van der Waals surface area contributed by atoms with Gasteiger partial charge in [-0.25, -0.2) is 0 Å². The Kier molecular flexibility index (Phi) is 4.88. The second kappa shape index (κ2) is 6.84. The van der Waals surface area contributed by atoms with Crippen LogP contribution in [0.3, 0.4) is 0 Å². The van der Waals surface area contributed by atoms with Crippen LogP contribution in [0.2, 0.25) is 0 Å². The summed E-state index contributed by atoms with van der Waals surface area (Å²) in [6.07, 6.45) is 0.385. The van der Waals surface area contributed by atoms with Crippen LogP contribution in [-0.2, 0) is 4.79 Å². The smallest absolute Gasteiger partial charge is 0.224 e. The van der Waals surface area contributed by atoms with Crippen LogP contribution in [0.15, 0.2) is 54.6 Å². The first kappa shape index (κ1) is 15.0. The zero-order valence-corrected chi connectivity index (χ0v) is 12.3. The highest BCUT2D eigenvalue weighted by atomic mass is 16.1. The van der Waals surface area contributed by atoms with Gasteiger partial charge >= 0.3 is 0 Å². The molecular weight excluding hydrogens is 262 g/mol. The number of carbonyl (C=O) groups is 2. The van der Waals surface area contributed by atoms with Crippen molar-refractivity contribution in [2.45, 2.75) is 26.2 Å². The minimum absolute atomic E-state index is 0.0537. The number of nitrogens with one attached hydrogen (secondary N) is 1. The zero-order valence-electron chi connectivity index (χ0n) is 12.3. The highest BCUT2D eigenvalue weighted by Gasteiger charge is 2.13. The average molecular weight is 281 g/mol. The number of ketones is 1. The van der Waals surface area contributed by atoms with Crippen LogP contribution in [0.25, 0.3) is 0 Å². The molecule has 0 aliphatic rings. The highest BCUT2D eigenvalue weighted by molar-refractivity contribution is 6.03. The lowest BCUT2D eigenvalue weighted by Crippen LogP contribution is -2.16. The fraction of sp³-hybridized carbons (Fsp3) is 0.222. The van der Waals surface area contributed by atoms with Gasteiger partial charge in [-0.2, -0.15) is 0 Å². The third-order valence-electron chi connectivity index (χ3n) is 3.44. The number of hydrogen-bond acceptors (Lipinski definition) is 2. The molecule has 0 radical (unpaired) electrons. The minimum Gasteiger partial charge on any atom is -0.325 e. The van der Waals surface area contributed by atoms with Gasteiger partial charge in [-0.3, -0.25) is 9.59 Å². The van der Waals surface area contributed by atoms with Crippen molar-refractivity contribution in [1.82, 2.24) is 0 Å². The van der Waals surface area contributed by atoms with E-state index >= 15 is 0 Å². The number of Topliss-reactive ketones (excluding diaryl/α,β-unsaturated/α-hetero) is 1. The summed E-state index contributed by atoms with van der Waals surface area (Å²) in [4.78, 5) is 23.7. The van der Waals surface area contributed by atoms with E-state index in [0.29, 0.717) is 17.7 Å². The molecule has 21 heavy (non-hydrogen) atoms. The number of amides is 1. The van der Waals surface area contributed by atoms with E-state index in [9.17, 15) is 9.59 Å². The maximum Gasteiger partial charge on any atom is 0.224 e. The molecule has 0 spiro atoms. The van der Waals surface area contributed by atoms with E-state index in [4.69, 9.17) is 0 Å². The summed E-state index contributed by atoms with van der Waals surface area (Å²) in [5.41, 5.74) is 2.25. The van der Waals surface area contributed by atoms with Gasteiger partial charge in [0.1, 0.15) is 0 Å². The van der Waals surface area contributed by atoms with Crippen LogP contribution < -0.4 is 5.32 Å². The van der Waals surface area contributed by atoms with Crippen molar-refractivity contribution in [2.75, 3.05) is 5.32 Å². The van der Waals surface area contributed by atoms with Gasteiger partial charge in [-0.05, 0) is 30.5 Å². The van der Waals surface area contributed by atoms with Gasteiger partial charge in [0.25, 0.3) is 0 Å². The molecule has 0 saturated heterocycles. The first-order valence-electron chi connectivity index (χ1n) is 7.02. The standard InChI is InChI=1S/C18H19NO2/c1-13(15-8-4-3-5-9-15)12-18(21)19-17-11-7-6-10-16(17)14(2)20/h3-11,13H,12H2,1-2H3,(H,19,21)/t13-/m1/s1. The van der Waals surface area contributed by atoms with Crippen molar-refractivity contribution < 1.29 is 9.59 Å². The van der Waals surface area contributed by atoms with Crippen LogP contribution in [0.5, 0.6) is 0 Å². The number of hydrogen-bond donors (Lipinski definition) is 1. The van der Waals surface area contributed by atoms with E-state index in [1.165, 1.54) is 6.92 Å².